The van der Waals surface area contributed by atoms with E-state index in [0.29, 0.717) is 31.0 Å². The number of hydrogen-bond donors (Lipinski definition) is 1. The molecule has 7 heteroatoms. The van der Waals surface area contributed by atoms with Gasteiger partial charge in [-0.1, -0.05) is 66.2 Å². The third-order valence-corrected chi connectivity index (χ3v) is 8.28. The van der Waals surface area contributed by atoms with Gasteiger partial charge in [-0.15, -0.1) is 0 Å². The molecule has 6 nitrogen and oxygen atoms in total. The molecule has 210 valence electrons. The van der Waals surface area contributed by atoms with Crippen LogP contribution in [0.2, 0.25) is 5.02 Å². The minimum atomic E-state index is -0.322. The second kappa shape index (κ2) is 13.4. The maximum Gasteiger partial charge on any atom is 0.227 e. The summed E-state index contributed by atoms with van der Waals surface area (Å²) in [5, 5.41) is 0.696. The van der Waals surface area contributed by atoms with Gasteiger partial charge in [0.1, 0.15) is 5.82 Å². The Labute approximate surface area is 242 Å². The van der Waals surface area contributed by atoms with Crippen molar-refractivity contribution in [2.24, 2.45) is 11.7 Å². The Kier molecular flexibility index (Phi) is 9.53. The number of imidazole rings is 1. The summed E-state index contributed by atoms with van der Waals surface area (Å²) >= 11 is 6.10. The average molecular weight is 559 g/mol. The molecule has 1 aliphatic heterocycles. The summed E-state index contributed by atoms with van der Waals surface area (Å²) in [6.07, 6.45) is 4.11. The predicted octanol–water partition coefficient (Wildman–Crippen LogP) is 5.86. The Morgan fingerprint density at radius 3 is 2.52 bits per heavy atom. The van der Waals surface area contributed by atoms with E-state index >= 15 is 0 Å². The monoisotopic (exact) mass is 558 g/mol. The molecule has 1 aliphatic rings. The first kappa shape index (κ1) is 28.3. The van der Waals surface area contributed by atoms with Crippen LogP contribution in [-0.2, 0) is 28.9 Å². The number of halogens is 1. The Bertz CT molecular complexity index is 1390. The molecule has 2 N–H and O–H groups in total. The molecule has 0 saturated carbocycles. The number of carbonyl (C=O) groups is 1. The van der Waals surface area contributed by atoms with Crippen LogP contribution >= 0.6 is 11.6 Å². The summed E-state index contributed by atoms with van der Waals surface area (Å²) in [6, 6.07) is 26.0. The Balaban J connectivity index is 1.38. The lowest BCUT2D eigenvalue weighted by atomic mass is 9.86. The second-order valence-corrected chi connectivity index (χ2v) is 11.3. The van der Waals surface area contributed by atoms with E-state index < -0.39 is 0 Å². The first-order valence-corrected chi connectivity index (χ1v) is 14.7. The van der Waals surface area contributed by atoms with Crippen molar-refractivity contribution in [1.29, 1.82) is 0 Å². The second-order valence-electron chi connectivity index (χ2n) is 10.9. The van der Waals surface area contributed by atoms with Crippen LogP contribution in [0.25, 0.3) is 11.0 Å². The number of aryl methyl sites for hydroxylation is 1. The lowest BCUT2D eigenvalue weighted by Gasteiger charge is -2.36. The van der Waals surface area contributed by atoms with Gasteiger partial charge in [0, 0.05) is 50.3 Å². The number of likely N-dealkylation sites (tertiary alicyclic amines) is 1. The molecular formula is C33H39ClN4O2. The van der Waals surface area contributed by atoms with Crippen LogP contribution in [0.1, 0.15) is 42.1 Å². The zero-order chi connectivity index (χ0) is 27.9. The van der Waals surface area contributed by atoms with Gasteiger partial charge in [0.2, 0.25) is 5.91 Å². The lowest BCUT2D eigenvalue weighted by Crippen LogP contribution is -2.49. The summed E-state index contributed by atoms with van der Waals surface area (Å²) in [5.74, 6) is 1.06. The first-order valence-electron chi connectivity index (χ1n) is 14.3. The summed E-state index contributed by atoms with van der Waals surface area (Å²) in [5.41, 5.74) is 11.2. The van der Waals surface area contributed by atoms with E-state index in [4.69, 9.17) is 27.1 Å². The van der Waals surface area contributed by atoms with Crippen molar-refractivity contribution < 1.29 is 9.53 Å². The normalized spacial score (nSPS) is 17.2. The number of carbonyl (C=O) groups excluding carboxylic acids is 1. The quantitative estimate of drug-likeness (QED) is 0.234. The van der Waals surface area contributed by atoms with Crippen molar-refractivity contribution in [3.63, 3.8) is 0 Å². The topological polar surface area (TPSA) is 73.4 Å². The van der Waals surface area contributed by atoms with E-state index in [0.717, 1.165) is 60.3 Å². The molecular weight excluding hydrogens is 520 g/mol. The van der Waals surface area contributed by atoms with Crippen LogP contribution < -0.4 is 5.73 Å². The van der Waals surface area contributed by atoms with Crippen LogP contribution in [-0.4, -0.2) is 53.2 Å². The van der Waals surface area contributed by atoms with E-state index in [1.165, 1.54) is 0 Å². The van der Waals surface area contributed by atoms with Gasteiger partial charge in [-0.3, -0.25) is 4.79 Å². The van der Waals surface area contributed by atoms with Gasteiger partial charge in [-0.2, -0.15) is 0 Å². The number of fused-ring (bicyclic) bond motifs is 1. The molecule has 0 radical (unpaired) electrons. The summed E-state index contributed by atoms with van der Waals surface area (Å²) in [6.45, 7) is 2.95. The third-order valence-electron chi connectivity index (χ3n) is 8.03. The molecule has 3 aromatic carbocycles. The van der Waals surface area contributed by atoms with Crippen LogP contribution in [0.15, 0.2) is 78.9 Å². The van der Waals surface area contributed by atoms with Crippen molar-refractivity contribution in [3.8, 4) is 0 Å². The third kappa shape index (κ3) is 6.74. The molecule has 40 heavy (non-hydrogen) atoms. The average Bonchev–Trinajstić information content (AvgIpc) is 3.36. The molecule has 0 bridgehead atoms. The van der Waals surface area contributed by atoms with Crippen molar-refractivity contribution in [2.75, 3.05) is 26.8 Å². The number of methoxy groups -OCH3 is 1. The highest BCUT2D eigenvalue weighted by molar-refractivity contribution is 6.30. The van der Waals surface area contributed by atoms with Gasteiger partial charge in [-0.05, 0) is 67.5 Å². The number of amides is 1. The minimum absolute atomic E-state index is 0.136. The van der Waals surface area contributed by atoms with Crippen LogP contribution in [0, 0.1) is 5.92 Å². The number of nitrogens with two attached hydrogens (primary N) is 1. The summed E-state index contributed by atoms with van der Waals surface area (Å²) < 4.78 is 7.66. The van der Waals surface area contributed by atoms with Crippen LogP contribution in [0.4, 0.5) is 0 Å². The van der Waals surface area contributed by atoms with E-state index in [9.17, 15) is 4.79 Å². The fourth-order valence-corrected chi connectivity index (χ4v) is 6.08. The zero-order valence-electron chi connectivity index (χ0n) is 23.2. The van der Waals surface area contributed by atoms with E-state index in [2.05, 4.69) is 34.9 Å². The number of para-hydroxylation sites is 2. The number of rotatable bonds is 11. The molecule has 1 saturated heterocycles. The minimum Gasteiger partial charge on any atom is -0.385 e. The van der Waals surface area contributed by atoms with Crippen molar-refractivity contribution >= 4 is 28.5 Å². The Morgan fingerprint density at radius 1 is 1.02 bits per heavy atom. The molecule has 3 atom stereocenters. The molecule has 2 heterocycles. The van der Waals surface area contributed by atoms with Crippen molar-refractivity contribution in [3.05, 3.63) is 101 Å². The highest BCUT2D eigenvalue weighted by atomic mass is 35.5. The molecule has 0 aliphatic carbocycles. The molecule has 5 rings (SSSR count). The van der Waals surface area contributed by atoms with Crippen LogP contribution in [0.5, 0.6) is 0 Å². The Hall–Kier alpha value is -3.19. The number of benzene rings is 3. The molecule has 1 aromatic heterocycles. The van der Waals surface area contributed by atoms with Gasteiger partial charge in [0.15, 0.2) is 0 Å². The van der Waals surface area contributed by atoms with Crippen LogP contribution in [0.3, 0.4) is 0 Å². The standard InChI is InChI=1S/C33H39ClN4O2/c1-40-20-8-19-38-31-13-6-5-12-30(31)36-32(38)26-11-7-18-37(23-26)33(39)28(21-24-9-3-2-4-10-24)29(35)22-25-14-16-27(34)17-15-25/h2-6,9-10,12-17,26,28-29H,7-8,11,18-23,35H2,1H3/t26-,28-,29?/m1/s1. The number of aromatic nitrogens is 2. The molecule has 0 spiro atoms. The fraction of sp³-hybridized carbons (Fsp3) is 0.394. The SMILES string of the molecule is COCCCn1c([C@@H]2CCCN(C(=O)[C@H](Cc3ccccc3)C(N)Cc3ccc(Cl)cc3)C2)nc2ccccc21. The molecule has 1 fully saturated rings. The van der Waals surface area contributed by atoms with Gasteiger partial charge < -0.3 is 19.9 Å². The van der Waals surface area contributed by atoms with Gasteiger partial charge in [-0.25, -0.2) is 4.98 Å². The van der Waals surface area contributed by atoms with E-state index in [1.807, 2.05) is 53.4 Å². The summed E-state index contributed by atoms with van der Waals surface area (Å²) in [7, 11) is 1.74. The largest absolute Gasteiger partial charge is 0.385 e. The smallest absolute Gasteiger partial charge is 0.227 e. The number of piperidine rings is 1. The maximum atomic E-state index is 14.2. The fourth-order valence-electron chi connectivity index (χ4n) is 5.96. The number of nitrogens with zero attached hydrogens (tertiary/aromatic N) is 3. The van der Waals surface area contributed by atoms with Gasteiger partial charge in [0.25, 0.3) is 0 Å². The van der Waals surface area contributed by atoms with Crippen molar-refractivity contribution in [2.45, 2.75) is 50.6 Å². The van der Waals surface area contributed by atoms with Crippen molar-refractivity contribution in [1.82, 2.24) is 14.5 Å². The van der Waals surface area contributed by atoms with E-state index in [-0.39, 0.29) is 23.8 Å². The summed E-state index contributed by atoms with van der Waals surface area (Å²) in [4.78, 5) is 21.3. The molecule has 4 aromatic rings. The highest BCUT2D eigenvalue weighted by Crippen LogP contribution is 2.31. The van der Waals surface area contributed by atoms with E-state index in [1.54, 1.807) is 7.11 Å². The zero-order valence-corrected chi connectivity index (χ0v) is 24.0. The first-order chi connectivity index (χ1) is 19.5. The predicted molar refractivity (Wildman–Crippen MR) is 162 cm³/mol. The maximum absolute atomic E-state index is 14.2. The van der Waals surface area contributed by atoms with Gasteiger partial charge >= 0.3 is 0 Å². The molecule has 1 amide bonds. The molecule has 1 unspecified atom stereocenters. The lowest BCUT2D eigenvalue weighted by molar-refractivity contribution is -0.137. The Morgan fingerprint density at radius 2 is 1.75 bits per heavy atom. The van der Waals surface area contributed by atoms with Gasteiger partial charge in [0.05, 0.1) is 17.0 Å². The number of hydrogen-bond acceptors (Lipinski definition) is 4. The highest BCUT2D eigenvalue weighted by Gasteiger charge is 2.34. The number of ether oxygens (including phenoxy) is 1.